The number of nitrogens with one attached hydrogen (secondary N) is 1. The summed E-state index contributed by atoms with van der Waals surface area (Å²) in [5.41, 5.74) is 8.61. The quantitative estimate of drug-likeness (QED) is 0.853. The van der Waals surface area contributed by atoms with Crippen LogP contribution in [0.15, 0.2) is 5.51 Å². The summed E-state index contributed by atoms with van der Waals surface area (Å²) in [5, 5.41) is 3.85. The van der Waals surface area contributed by atoms with Crippen LogP contribution in [0.25, 0.3) is 0 Å². The molecule has 2 aromatic rings. The number of rotatable bonds is 6. The lowest BCUT2D eigenvalue weighted by atomic mass is 10.3. The van der Waals surface area contributed by atoms with Gasteiger partial charge in [-0.2, -0.15) is 0 Å². The maximum absolute atomic E-state index is 12.5. The monoisotopic (exact) mass is 325 g/mol. The number of amides is 1. The standard InChI is InChI=1S/C13H19N5OS2/c1-4-5-15-13-17-11(14)10(21-13)12(19)18(3)6-9-8(2)16-7-20-9/h7H,4-6,14H2,1-3H3,(H,15,17). The maximum Gasteiger partial charge on any atom is 0.267 e. The largest absolute Gasteiger partial charge is 0.382 e. The van der Waals surface area contributed by atoms with Crippen LogP contribution in [0, 0.1) is 6.92 Å². The second-order valence-corrected chi connectivity index (χ2v) is 6.62. The van der Waals surface area contributed by atoms with Crippen molar-refractivity contribution in [3.63, 3.8) is 0 Å². The molecule has 3 N–H and O–H groups in total. The number of aromatic nitrogens is 2. The Morgan fingerprint density at radius 1 is 1.52 bits per heavy atom. The van der Waals surface area contributed by atoms with E-state index in [0.29, 0.717) is 16.6 Å². The Hall–Kier alpha value is -1.67. The molecule has 0 saturated carbocycles. The van der Waals surface area contributed by atoms with Crippen molar-refractivity contribution in [3.8, 4) is 0 Å². The Morgan fingerprint density at radius 2 is 2.29 bits per heavy atom. The Labute approximate surface area is 132 Å². The number of carbonyl (C=O) groups excluding carboxylic acids is 1. The molecular formula is C13H19N5OS2. The van der Waals surface area contributed by atoms with Gasteiger partial charge in [-0.1, -0.05) is 18.3 Å². The van der Waals surface area contributed by atoms with Gasteiger partial charge in [0.1, 0.15) is 10.7 Å². The van der Waals surface area contributed by atoms with Gasteiger partial charge < -0.3 is 16.0 Å². The molecule has 0 saturated heterocycles. The lowest BCUT2D eigenvalue weighted by Gasteiger charge is -2.15. The van der Waals surface area contributed by atoms with Gasteiger partial charge in [0.05, 0.1) is 17.7 Å². The molecule has 0 unspecified atom stereocenters. The van der Waals surface area contributed by atoms with Crippen molar-refractivity contribution in [2.24, 2.45) is 0 Å². The van der Waals surface area contributed by atoms with E-state index in [1.807, 2.05) is 6.92 Å². The molecule has 2 rings (SSSR count). The second-order valence-electron chi connectivity index (χ2n) is 4.68. The van der Waals surface area contributed by atoms with Crippen LogP contribution in [0.2, 0.25) is 0 Å². The number of anilines is 2. The molecule has 0 atom stereocenters. The van der Waals surface area contributed by atoms with Gasteiger partial charge in [-0.3, -0.25) is 4.79 Å². The average Bonchev–Trinajstić information content (AvgIpc) is 3.02. The highest BCUT2D eigenvalue weighted by atomic mass is 32.1. The third-order valence-electron chi connectivity index (χ3n) is 2.95. The van der Waals surface area contributed by atoms with Crippen molar-refractivity contribution in [1.29, 1.82) is 0 Å². The lowest BCUT2D eigenvalue weighted by molar-refractivity contribution is 0.0792. The number of nitrogens with two attached hydrogens (primary N) is 1. The van der Waals surface area contributed by atoms with Crippen molar-refractivity contribution in [2.45, 2.75) is 26.8 Å². The molecule has 1 amide bonds. The van der Waals surface area contributed by atoms with Crippen LogP contribution in [0.3, 0.4) is 0 Å². The van der Waals surface area contributed by atoms with Crippen LogP contribution < -0.4 is 11.1 Å². The smallest absolute Gasteiger partial charge is 0.267 e. The topological polar surface area (TPSA) is 84.1 Å². The van der Waals surface area contributed by atoms with Crippen LogP contribution in [0.1, 0.15) is 33.6 Å². The fourth-order valence-electron chi connectivity index (χ4n) is 1.73. The van der Waals surface area contributed by atoms with E-state index in [1.54, 1.807) is 28.8 Å². The van der Waals surface area contributed by atoms with Crippen LogP contribution in [-0.4, -0.2) is 34.4 Å². The lowest BCUT2D eigenvalue weighted by Crippen LogP contribution is -2.26. The molecule has 0 aromatic carbocycles. The number of carbonyl (C=O) groups is 1. The van der Waals surface area contributed by atoms with Crippen molar-refractivity contribution in [2.75, 3.05) is 24.6 Å². The summed E-state index contributed by atoms with van der Waals surface area (Å²) in [6, 6.07) is 0. The Bertz CT molecular complexity index is 622. The van der Waals surface area contributed by atoms with Crippen LogP contribution >= 0.6 is 22.7 Å². The van der Waals surface area contributed by atoms with Crippen molar-refractivity contribution < 1.29 is 4.79 Å². The minimum atomic E-state index is -0.109. The average molecular weight is 325 g/mol. The third-order valence-corrected chi connectivity index (χ3v) is 4.88. The van der Waals surface area contributed by atoms with E-state index >= 15 is 0 Å². The number of thiazole rings is 2. The molecule has 0 aliphatic rings. The number of hydrogen-bond acceptors (Lipinski definition) is 7. The molecule has 0 aliphatic carbocycles. The second kappa shape index (κ2) is 6.86. The molecule has 2 heterocycles. The van der Waals surface area contributed by atoms with Gasteiger partial charge in [0.15, 0.2) is 5.13 Å². The molecule has 6 nitrogen and oxygen atoms in total. The minimum Gasteiger partial charge on any atom is -0.382 e. The SMILES string of the molecule is CCCNc1nc(N)c(C(=O)N(C)Cc2scnc2C)s1. The highest BCUT2D eigenvalue weighted by Crippen LogP contribution is 2.27. The number of nitrogens with zero attached hydrogens (tertiary/aromatic N) is 3. The molecular weight excluding hydrogens is 306 g/mol. The predicted molar refractivity (Wildman–Crippen MR) is 88.0 cm³/mol. The van der Waals surface area contributed by atoms with Gasteiger partial charge in [-0.25, -0.2) is 9.97 Å². The van der Waals surface area contributed by atoms with Gasteiger partial charge in [0.25, 0.3) is 5.91 Å². The summed E-state index contributed by atoms with van der Waals surface area (Å²) in [4.78, 5) is 24.1. The summed E-state index contributed by atoms with van der Waals surface area (Å²) in [6.07, 6.45) is 0.993. The van der Waals surface area contributed by atoms with Gasteiger partial charge in [0.2, 0.25) is 0 Å². The van der Waals surface area contributed by atoms with Crippen LogP contribution in [0.4, 0.5) is 10.9 Å². The zero-order chi connectivity index (χ0) is 15.4. The third kappa shape index (κ3) is 3.70. The fraction of sp³-hybridized carbons (Fsp3) is 0.462. The Morgan fingerprint density at radius 3 is 2.90 bits per heavy atom. The fourth-order valence-corrected chi connectivity index (χ4v) is 3.47. The number of nitrogen functional groups attached to an aromatic ring is 1. The van der Waals surface area contributed by atoms with Crippen LogP contribution in [0.5, 0.6) is 0 Å². The van der Waals surface area contributed by atoms with E-state index in [2.05, 4.69) is 22.2 Å². The summed E-state index contributed by atoms with van der Waals surface area (Å²) in [7, 11) is 1.76. The first-order valence-corrected chi connectivity index (χ1v) is 8.37. The van der Waals surface area contributed by atoms with Crippen molar-refractivity contribution >= 4 is 39.5 Å². The van der Waals surface area contributed by atoms with Gasteiger partial charge in [0, 0.05) is 18.5 Å². The minimum absolute atomic E-state index is 0.109. The first-order valence-electron chi connectivity index (χ1n) is 6.67. The molecule has 0 spiro atoms. The first kappa shape index (κ1) is 15.7. The zero-order valence-electron chi connectivity index (χ0n) is 12.3. The summed E-state index contributed by atoms with van der Waals surface area (Å²) in [6.45, 7) is 5.36. The van der Waals surface area contributed by atoms with E-state index in [1.165, 1.54) is 11.3 Å². The van der Waals surface area contributed by atoms with E-state index in [-0.39, 0.29) is 11.7 Å². The molecule has 21 heavy (non-hydrogen) atoms. The van der Waals surface area contributed by atoms with Crippen molar-refractivity contribution in [3.05, 3.63) is 21.0 Å². The Kier molecular flexibility index (Phi) is 5.13. The first-order chi connectivity index (χ1) is 10.0. The van der Waals surface area contributed by atoms with Crippen LogP contribution in [-0.2, 0) is 6.54 Å². The van der Waals surface area contributed by atoms with E-state index < -0.39 is 0 Å². The summed E-state index contributed by atoms with van der Waals surface area (Å²) in [5.74, 6) is 0.179. The predicted octanol–water partition coefficient (Wildman–Crippen LogP) is 2.58. The highest BCUT2D eigenvalue weighted by Gasteiger charge is 2.20. The molecule has 0 fully saturated rings. The van der Waals surface area contributed by atoms with Gasteiger partial charge in [-0.05, 0) is 13.3 Å². The van der Waals surface area contributed by atoms with E-state index in [9.17, 15) is 4.79 Å². The zero-order valence-corrected chi connectivity index (χ0v) is 14.0. The maximum atomic E-state index is 12.5. The molecule has 8 heteroatoms. The highest BCUT2D eigenvalue weighted by molar-refractivity contribution is 7.18. The molecule has 0 radical (unpaired) electrons. The number of aryl methyl sites for hydroxylation is 1. The molecule has 114 valence electrons. The Balaban J connectivity index is 2.08. The van der Waals surface area contributed by atoms with Gasteiger partial charge in [-0.15, -0.1) is 11.3 Å². The van der Waals surface area contributed by atoms with E-state index in [0.717, 1.165) is 23.5 Å². The normalized spacial score (nSPS) is 10.6. The molecule has 0 bridgehead atoms. The summed E-state index contributed by atoms with van der Waals surface area (Å²) >= 11 is 2.85. The molecule has 0 aliphatic heterocycles. The van der Waals surface area contributed by atoms with E-state index in [4.69, 9.17) is 5.73 Å². The summed E-state index contributed by atoms with van der Waals surface area (Å²) < 4.78 is 0. The van der Waals surface area contributed by atoms with Crippen molar-refractivity contribution in [1.82, 2.24) is 14.9 Å². The number of hydrogen-bond donors (Lipinski definition) is 2. The van der Waals surface area contributed by atoms with Gasteiger partial charge >= 0.3 is 0 Å². The molecule has 2 aromatic heterocycles.